The molecule has 21 heavy (non-hydrogen) atoms. The average molecular weight is 306 g/mol. The zero-order valence-corrected chi connectivity index (χ0v) is 12.9. The van der Waals surface area contributed by atoms with Crippen LogP contribution in [-0.4, -0.2) is 29.0 Å². The molecule has 0 N–H and O–H groups in total. The summed E-state index contributed by atoms with van der Waals surface area (Å²) in [6, 6.07) is 10.0. The van der Waals surface area contributed by atoms with Crippen molar-refractivity contribution in [2.45, 2.75) is 19.1 Å². The number of benzene rings is 1. The minimum atomic E-state index is -0.196. The fourth-order valence-corrected chi connectivity index (χ4v) is 2.69. The first kappa shape index (κ1) is 15.6. The monoisotopic (exact) mass is 306 g/mol. The van der Waals surface area contributed by atoms with Crippen molar-refractivity contribution in [1.82, 2.24) is 10.1 Å². The Kier molecular flexibility index (Phi) is 5.80. The molecular formula is C15H18N2O3S. The number of carbonyl (C=O) groups excluding carboxylic acids is 1. The normalized spacial score (nSPS) is 12.1. The van der Waals surface area contributed by atoms with Crippen LogP contribution in [0, 0.1) is 5.92 Å². The highest BCUT2D eigenvalue weighted by molar-refractivity contribution is 7.98. The molecule has 0 amide bonds. The molecule has 112 valence electrons. The van der Waals surface area contributed by atoms with Crippen LogP contribution < -0.4 is 0 Å². The zero-order chi connectivity index (χ0) is 15.1. The SMILES string of the molecule is COC(=O)C(C)CSCc1nc(Cc2ccccc2)no1. The standard InChI is InChI=1S/C15H18N2O3S/c1-11(15(18)19-2)9-21-10-14-16-13(17-20-14)8-12-6-4-3-5-7-12/h3-7,11H,8-10H2,1-2H3. The predicted molar refractivity (Wildman–Crippen MR) is 80.9 cm³/mol. The van der Waals surface area contributed by atoms with Crippen LogP contribution in [0.25, 0.3) is 0 Å². The third-order valence-corrected chi connectivity index (χ3v) is 4.10. The molecule has 0 radical (unpaired) electrons. The maximum Gasteiger partial charge on any atom is 0.309 e. The zero-order valence-electron chi connectivity index (χ0n) is 12.1. The Hall–Kier alpha value is -1.82. The number of esters is 1. The molecule has 0 fully saturated rings. The number of carbonyl (C=O) groups is 1. The Morgan fingerprint density at radius 3 is 2.86 bits per heavy atom. The highest BCUT2D eigenvalue weighted by Crippen LogP contribution is 2.16. The Balaban J connectivity index is 1.79. The average Bonchev–Trinajstić information content (AvgIpc) is 2.94. The molecular weight excluding hydrogens is 288 g/mol. The Morgan fingerprint density at radius 1 is 1.38 bits per heavy atom. The number of hydrogen-bond acceptors (Lipinski definition) is 6. The van der Waals surface area contributed by atoms with Gasteiger partial charge in [-0.3, -0.25) is 4.79 Å². The van der Waals surface area contributed by atoms with Crippen LogP contribution in [0.15, 0.2) is 34.9 Å². The number of aromatic nitrogens is 2. The summed E-state index contributed by atoms with van der Waals surface area (Å²) in [6.45, 7) is 1.84. The van der Waals surface area contributed by atoms with Crippen molar-refractivity contribution in [1.29, 1.82) is 0 Å². The molecule has 1 atom stereocenters. The van der Waals surface area contributed by atoms with Crippen LogP contribution in [0.4, 0.5) is 0 Å². The predicted octanol–water partition coefficient (Wildman–Crippen LogP) is 2.70. The summed E-state index contributed by atoms with van der Waals surface area (Å²) in [5.41, 5.74) is 1.15. The Bertz CT molecular complexity index is 571. The second-order valence-corrected chi connectivity index (χ2v) is 5.74. The molecule has 2 aromatic rings. The van der Waals surface area contributed by atoms with E-state index in [0.717, 1.165) is 5.56 Å². The quantitative estimate of drug-likeness (QED) is 0.733. The van der Waals surface area contributed by atoms with Gasteiger partial charge in [0.05, 0.1) is 18.8 Å². The molecule has 0 aliphatic carbocycles. The van der Waals surface area contributed by atoms with Gasteiger partial charge < -0.3 is 9.26 Å². The minimum absolute atomic E-state index is 0.133. The largest absolute Gasteiger partial charge is 0.469 e. The number of ether oxygens (including phenoxy) is 1. The van der Waals surface area contributed by atoms with Gasteiger partial charge in [-0.2, -0.15) is 16.7 Å². The van der Waals surface area contributed by atoms with E-state index in [4.69, 9.17) is 4.52 Å². The topological polar surface area (TPSA) is 65.2 Å². The molecule has 2 rings (SSSR count). The lowest BCUT2D eigenvalue weighted by molar-refractivity contribution is -0.143. The third kappa shape index (κ3) is 4.90. The Morgan fingerprint density at radius 2 is 2.14 bits per heavy atom. The van der Waals surface area contributed by atoms with Crippen LogP contribution in [0.3, 0.4) is 0 Å². The van der Waals surface area contributed by atoms with E-state index in [2.05, 4.69) is 14.9 Å². The van der Waals surface area contributed by atoms with Gasteiger partial charge in [0.1, 0.15) is 0 Å². The maximum absolute atomic E-state index is 11.3. The van der Waals surface area contributed by atoms with E-state index < -0.39 is 0 Å². The molecule has 0 aliphatic heterocycles. The number of thioether (sulfide) groups is 1. The Labute approximate surface area is 128 Å². The van der Waals surface area contributed by atoms with Crippen molar-refractivity contribution in [3.63, 3.8) is 0 Å². The van der Waals surface area contributed by atoms with E-state index in [9.17, 15) is 4.79 Å². The molecule has 1 unspecified atom stereocenters. The van der Waals surface area contributed by atoms with Crippen molar-refractivity contribution in [3.05, 3.63) is 47.6 Å². The van der Waals surface area contributed by atoms with Gasteiger partial charge in [0.2, 0.25) is 5.89 Å². The van der Waals surface area contributed by atoms with E-state index in [-0.39, 0.29) is 11.9 Å². The molecule has 0 spiro atoms. The van der Waals surface area contributed by atoms with Gasteiger partial charge >= 0.3 is 5.97 Å². The van der Waals surface area contributed by atoms with Gasteiger partial charge in [0, 0.05) is 12.2 Å². The van der Waals surface area contributed by atoms with Crippen LogP contribution in [0.1, 0.15) is 24.2 Å². The van der Waals surface area contributed by atoms with Crippen molar-refractivity contribution in [2.24, 2.45) is 5.92 Å². The molecule has 1 heterocycles. The third-order valence-electron chi connectivity index (χ3n) is 2.91. The maximum atomic E-state index is 11.3. The second kappa shape index (κ2) is 7.83. The first-order valence-electron chi connectivity index (χ1n) is 6.70. The highest BCUT2D eigenvalue weighted by atomic mass is 32.2. The summed E-state index contributed by atoms with van der Waals surface area (Å²) in [5, 5.41) is 3.97. The summed E-state index contributed by atoms with van der Waals surface area (Å²) < 4.78 is 9.89. The van der Waals surface area contributed by atoms with Gasteiger partial charge in [-0.1, -0.05) is 42.4 Å². The first-order chi connectivity index (χ1) is 10.2. The number of rotatable bonds is 7. The lowest BCUT2D eigenvalue weighted by Crippen LogP contribution is -2.14. The van der Waals surface area contributed by atoms with Crippen LogP contribution in [-0.2, 0) is 21.7 Å². The second-order valence-electron chi connectivity index (χ2n) is 4.71. The summed E-state index contributed by atoms with van der Waals surface area (Å²) in [6.07, 6.45) is 0.660. The van der Waals surface area contributed by atoms with E-state index in [1.165, 1.54) is 7.11 Å². The van der Waals surface area contributed by atoms with Crippen LogP contribution in [0.5, 0.6) is 0 Å². The van der Waals surface area contributed by atoms with Crippen molar-refractivity contribution in [2.75, 3.05) is 12.9 Å². The minimum Gasteiger partial charge on any atom is -0.469 e. The van der Waals surface area contributed by atoms with E-state index in [1.54, 1.807) is 11.8 Å². The van der Waals surface area contributed by atoms with Gasteiger partial charge in [0.15, 0.2) is 5.82 Å². The van der Waals surface area contributed by atoms with Crippen molar-refractivity contribution < 1.29 is 14.1 Å². The molecule has 6 heteroatoms. The number of methoxy groups -OCH3 is 1. The summed E-state index contributed by atoms with van der Waals surface area (Å²) >= 11 is 1.58. The fraction of sp³-hybridized carbons (Fsp3) is 0.400. The van der Waals surface area contributed by atoms with E-state index >= 15 is 0 Å². The lowest BCUT2D eigenvalue weighted by Gasteiger charge is -2.06. The first-order valence-corrected chi connectivity index (χ1v) is 7.85. The molecule has 5 nitrogen and oxygen atoms in total. The van der Waals surface area contributed by atoms with Crippen LogP contribution in [0.2, 0.25) is 0 Å². The summed E-state index contributed by atoms with van der Waals surface area (Å²) in [5.74, 6) is 2.21. The molecule has 0 saturated carbocycles. The van der Waals surface area contributed by atoms with Crippen LogP contribution >= 0.6 is 11.8 Å². The molecule has 0 aliphatic rings. The smallest absolute Gasteiger partial charge is 0.309 e. The van der Waals surface area contributed by atoms with E-state index in [1.807, 2.05) is 37.3 Å². The molecule has 0 bridgehead atoms. The number of nitrogens with zero attached hydrogens (tertiary/aromatic N) is 2. The highest BCUT2D eigenvalue weighted by Gasteiger charge is 2.14. The van der Waals surface area contributed by atoms with Crippen molar-refractivity contribution >= 4 is 17.7 Å². The fourth-order valence-electron chi connectivity index (χ4n) is 1.79. The van der Waals surface area contributed by atoms with Gasteiger partial charge in [-0.15, -0.1) is 0 Å². The van der Waals surface area contributed by atoms with Gasteiger partial charge in [0.25, 0.3) is 0 Å². The summed E-state index contributed by atoms with van der Waals surface area (Å²) in [7, 11) is 1.40. The molecule has 1 aromatic carbocycles. The molecule has 0 saturated heterocycles. The van der Waals surface area contributed by atoms with Gasteiger partial charge in [-0.05, 0) is 5.56 Å². The molecule has 1 aromatic heterocycles. The van der Waals surface area contributed by atoms with Crippen molar-refractivity contribution in [3.8, 4) is 0 Å². The lowest BCUT2D eigenvalue weighted by atomic mass is 10.1. The summed E-state index contributed by atoms with van der Waals surface area (Å²) in [4.78, 5) is 15.6. The number of hydrogen-bond donors (Lipinski definition) is 0. The van der Waals surface area contributed by atoms with Gasteiger partial charge in [-0.25, -0.2) is 0 Å². The van der Waals surface area contributed by atoms with E-state index in [0.29, 0.717) is 29.6 Å².